The summed E-state index contributed by atoms with van der Waals surface area (Å²) in [6.07, 6.45) is 0.661. The fourth-order valence-electron chi connectivity index (χ4n) is 3.47. The molecule has 0 atom stereocenters. The van der Waals surface area contributed by atoms with Crippen molar-refractivity contribution >= 4 is 21.7 Å². The predicted molar refractivity (Wildman–Crippen MR) is 108 cm³/mol. The van der Waals surface area contributed by atoms with Gasteiger partial charge in [0.25, 0.3) is 0 Å². The van der Waals surface area contributed by atoms with Crippen LogP contribution in [0.15, 0.2) is 29.2 Å². The van der Waals surface area contributed by atoms with Crippen molar-refractivity contribution < 1.29 is 22.0 Å². The summed E-state index contributed by atoms with van der Waals surface area (Å²) in [5.74, 6) is -2.26. The van der Waals surface area contributed by atoms with Crippen LogP contribution in [0, 0.1) is 24.5 Å². The predicted octanol–water partition coefficient (Wildman–Crippen LogP) is 3.26. The first kappa shape index (κ1) is 22.4. The van der Waals surface area contributed by atoms with Gasteiger partial charge in [-0.1, -0.05) is 0 Å². The number of aromatic nitrogens is 2. The first-order valence-electron chi connectivity index (χ1n) is 9.73. The van der Waals surface area contributed by atoms with Gasteiger partial charge in [0.2, 0.25) is 15.9 Å². The van der Waals surface area contributed by atoms with E-state index in [4.69, 9.17) is 0 Å². The van der Waals surface area contributed by atoms with Gasteiger partial charge in [0.05, 0.1) is 16.1 Å². The molecule has 1 fully saturated rings. The van der Waals surface area contributed by atoms with Crippen molar-refractivity contribution in [1.82, 2.24) is 14.1 Å². The van der Waals surface area contributed by atoms with E-state index in [-0.39, 0.29) is 35.3 Å². The molecule has 1 N–H and O–H groups in total. The summed E-state index contributed by atoms with van der Waals surface area (Å²) in [5.41, 5.74) is 0.478. The molecule has 1 aromatic carbocycles. The summed E-state index contributed by atoms with van der Waals surface area (Å²) < 4.78 is 54.9. The van der Waals surface area contributed by atoms with Gasteiger partial charge in [0, 0.05) is 25.1 Å². The number of hydrogen-bond donors (Lipinski definition) is 1. The molecule has 0 bridgehead atoms. The lowest BCUT2D eigenvalue weighted by Gasteiger charge is -2.31. The van der Waals surface area contributed by atoms with Crippen molar-refractivity contribution in [3.05, 3.63) is 41.6 Å². The maximum absolute atomic E-state index is 13.5. The van der Waals surface area contributed by atoms with Crippen LogP contribution >= 0.6 is 0 Å². The molecule has 0 spiro atoms. The summed E-state index contributed by atoms with van der Waals surface area (Å²) in [4.78, 5) is 12.5. The highest BCUT2D eigenvalue weighted by atomic mass is 32.2. The van der Waals surface area contributed by atoms with E-state index in [1.165, 1.54) is 4.31 Å². The molecule has 10 heteroatoms. The minimum atomic E-state index is -3.95. The van der Waals surface area contributed by atoms with Gasteiger partial charge >= 0.3 is 0 Å². The summed E-state index contributed by atoms with van der Waals surface area (Å²) in [5, 5.41) is 7.34. The Bertz CT molecular complexity index is 1050. The number of carbonyl (C=O) groups excluding carboxylic acids is 1. The molecule has 7 nitrogen and oxygen atoms in total. The third-order valence-electron chi connectivity index (χ3n) is 5.07. The Morgan fingerprint density at radius 1 is 1.13 bits per heavy atom. The van der Waals surface area contributed by atoms with Gasteiger partial charge in [0.15, 0.2) is 11.6 Å². The van der Waals surface area contributed by atoms with Gasteiger partial charge in [-0.05, 0) is 58.7 Å². The number of piperidine rings is 1. The quantitative estimate of drug-likeness (QED) is 0.791. The lowest BCUT2D eigenvalue weighted by Crippen LogP contribution is -2.41. The van der Waals surface area contributed by atoms with Gasteiger partial charge in [0.1, 0.15) is 5.82 Å². The zero-order valence-corrected chi connectivity index (χ0v) is 18.3. The lowest BCUT2D eigenvalue weighted by molar-refractivity contribution is -0.121. The molecular formula is C20H26F2N4O3S. The van der Waals surface area contributed by atoms with Crippen LogP contribution in [0.1, 0.15) is 39.3 Å². The third-order valence-corrected chi connectivity index (χ3v) is 6.97. The maximum Gasteiger partial charge on any atom is 0.243 e. The first-order valence-corrected chi connectivity index (χ1v) is 11.2. The minimum absolute atomic E-state index is 0.122. The number of nitrogens with zero attached hydrogens (tertiary/aromatic N) is 3. The van der Waals surface area contributed by atoms with Crippen LogP contribution in [0.2, 0.25) is 0 Å². The largest absolute Gasteiger partial charge is 0.311 e. The van der Waals surface area contributed by atoms with E-state index in [0.717, 1.165) is 17.8 Å². The number of aryl methyl sites for hydroxylation is 1. The summed E-state index contributed by atoms with van der Waals surface area (Å²) in [6.45, 7) is 8.04. The number of amides is 1. The third kappa shape index (κ3) is 4.54. The first-order chi connectivity index (χ1) is 13.9. The number of rotatable bonds is 4. The maximum atomic E-state index is 13.5. The number of nitrogens with one attached hydrogen (secondary N) is 1. The number of carbonyl (C=O) groups is 1. The van der Waals surface area contributed by atoms with Crippen LogP contribution in [0.3, 0.4) is 0 Å². The van der Waals surface area contributed by atoms with Gasteiger partial charge in [-0.3, -0.25) is 4.79 Å². The molecule has 0 aliphatic carbocycles. The van der Waals surface area contributed by atoms with Crippen LogP contribution in [0.5, 0.6) is 0 Å². The van der Waals surface area contributed by atoms with E-state index < -0.39 is 21.7 Å². The zero-order valence-electron chi connectivity index (χ0n) is 17.4. The Hall–Kier alpha value is -2.33. The Kier molecular flexibility index (Phi) is 6.01. The van der Waals surface area contributed by atoms with Gasteiger partial charge < -0.3 is 5.32 Å². The number of sulfonamides is 1. The van der Waals surface area contributed by atoms with Crippen LogP contribution in [-0.4, -0.2) is 41.5 Å². The molecule has 3 rings (SSSR count). The zero-order chi connectivity index (χ0) is 22.3. The SMILES string of the molecule is Cc1cc(NC(=O)C2CCN(S(=O)(=O)c3ccc(F)c(F)c3)CC2)n(C(C)(C)C)n1. The smallest absolute Gasteiger partial charge is 0.243 e. The van der Waals surface area contributed by atoms with Crippen molar-refractivity contribution in [1.29, 1.82) is 0 Å². The van der Waals surface area contributed by atoms with E-state index >= 15 is 0 Å². The van der Waals surface area contributed by atoms with E-state index in [2.05, 4.69) is 10.4 Å². The Morgan fingerprint density at radius 3 is 2.33 bits per heavy atom. The number of anilines is 1. The van der Waals surface area contributed by atoms with Crippen LogP contribution in [0.4, 0.5) is 14.6 Å². The van der Waals surface area contributed by atoms with Gasteiger partial charge in [-0.2, -0.15) is 9.40 Å². The second kappa shape index (κ2) is 8.07. The van der Waals surface area contributed by atoms with E-state index in [9.17, 15) is 22.0 Å². The number of halogens is 2. The van der Waals surface area contributed by atoms with Crippen LogP contribution in [0.25, 0.3) is 0 Å². The molecular weight excluding hydrogens is 414 g/mol. The molecule has 2 aromatic rings. The van der Waals surface area contributed by atoms with Gasteiger partial charge in [-0.15, -0.1) is 0 Å². The molecule has 1 aliphatic heterocycles. The average molecular weight is 441 g/mol. The van der Waals surface area contributed by atoms with Crippen LogP contribution in [-0.2, 0) is 20.4 Å². The Morgan fingerprint density at radius 2 is 1.77 bits per heavy atom. The number of hydrogen-bond acceptors (Lipinski definition) is 4. The van der Waals surface area contributed by atoms with Crippen molar-refractivity contribution in [2.75, 3.05) is 18.4 Å². The van der Waals surface area contributed by atoms with Gasteiger partial charge in [-0.25, -0.2) is 21.9 Å². The van der Waals surface area contributed by atoms with Crippen molar-refractivity contribution in [2.24, 2.45) is 5.92 Å². The van der Waals surface area contributed by atoms with E-state index in [1.54, 1.807) is 10.7 Å². The topological polar surface area (TPSA) is 84.3 Å². The van der Waals surface area contributed by atoms with Crippen molar-refractivity contribution in [3.63, 3.8) is 0 Å². The molecule has 1 saturated heterocycles. The molecule has 1 aromatic heterocycles. The molecule has 164 valence electrons. The van der Waals surface area contributed by atoms with E-state index in [0.29, 0.717) is 24.7 Å². The molecule has 1 amide bonds. The number of benzene rings is 1. The second-order valence-electron chi connectivity index (χ2n) is 8.50. The summed E-state index contributed by atoms with van der Waals surface area (Å²) in [7, 11) is -3.95. The van der Waals surface area contributed by atoms with Crippen molar-refractivity contribution in [2.45, 2.75) is 51.0 Å². The summed E-state index contributed by atoms with van der Waals surface area (Å²) >= 11 is 0. The molecule has 2 heterocycles. The normalized spacial score (nSPS) is 16.6. The molecule has 0 unspecified atom stereocenters. The van der Waals surface area contributed by atoms with Crippen molar-refractivity contribution in [3.8, 4) is 0 Å². The van der Waals surface area contributed by atoms with E-state index in [1.807, 2.05) is 27.7 Å². The Labute approximate surface area is 175 Å². The molecule has 0 saturated carbocycles. The fraction of sp³-hybridized carbons (Fsp3) is 0.500. The highest BCUT2D eigenvalue weighted by Gasteiger charge is 2.33. The molecule has 1 aliphatic rings. The summed E-state index contributed by atoms with van der Waals surface area (Å²) in [6, 6.07) is 4.32. The molecule has 30 heavy (non-hydrogen) atoms. The highest BCUT2D eigenvalue weighted by molar-refractivity contribution is 7.89. The standard InChI is InChI=1S/C20H26F2N4O3S/c1-13-11-18(26(24-13)20(2,3)4)23-19(27)14-7-9-25(10-8-14)30(28,29)15-5-6-16(21)17(22)12-15/h5-6,11-12,14H,7-10H2,1-4H3,(H,23,27). The Balaban J connectivity index is 1.67. The molecule has 0 radical (unpaired) electrons. The average Bonchev–Trinajstić information content (AvgIpc) is 3.04. The highest BCUT2D eigenvalue weighted by Crippen LogP contribution is 2.27. The monoisotopic (exact) mass is 440 g/mol. The van der Waals surface area contributed by atoms with Crippen LogP contribution < -0.4 is 5.32 Å². The fourth-order valence-corrected chi connectivity index (χ4v) is 4.95. The lowest BCUT2D eigenvalue weighted by atomic mass is 9.97. The minimum Gasteiger partial charge on any atom is -0.311 e. The second-order valence-corrected chi connectivity index (χ2v) is 10.4.